The fourth-order valence-electron chi connectivity index (χ4n) is 7.71. The van der Waals surface area contributed by atoms with Crippen LogP contribution in [0.1, 0.15) is 36.5 Å². The van der Waals surface area contributed by atoms with Gasteiger partial charge in [-0.15, -0.1) is 59.2 Å². The zero-order valence-electron chi connectivity index (χ0n) is 33.6. The van der Waals surface area contributed by atoms with Gasteiger partial charge in [0.1, 0.15) is 0 Å². The number of thiophene rings is 1. The first-order chi connectivity index (χ1) is 27.1. The van der Waals surface area contributed by atoms with E-state index in [1.807, 2.05) is 41.8 Å². The molecule has 3 aromatic heterocycles. The van der Waals surface area contributed by atoms with Crippen molar-refractivity contribution in [2.45, 2.75) is 53.3 Å². The van der Waals surface area contributed by atoms with Crippen LogP contribution >= 0.6 is 11.3 Å². The SMILES string of the molecule is CC(C)c1cc(-c2[c-]cccc2)ncc1[Si](C)(C)C.Cc1cc(-c2[c-]cc(C)c3c2sc2cc(-c4cccc5ccccc45)ccc23)ncc1-c1ccccc1.[Ir]. The van der Waals surface area contributed by atoms with Crippen molar-refractivity contribution in [2.75, 3.05) is 0 Å². The molecule has 1 radical (unpaired) electrons. The minimum Gasteiger partial charge on any atom is -0.305 e. The first-order valence-corrected chi connectivity index (χ1v) is 23.7. The summed E-state index contributed by atoms with van der Waals surface area (Å²) in [5.41, 5.74) is 13.0. The average molecular weight is 951 g/mol. The van der Waals surface area contributed by atoms with E-state index in [0.29, 0.717) is 5.92 Å². The Morgan fingerprint density at radius 2 is 1.37 bits per heavy atom. The predicted molar refractivity (Wildman–Crippen MR) is 245 cm³/mol. The zero-order chi connectivity index (χ0) is 39.0. The Labute approximate surface area is 356 Å². The molecule has 9 rings (SSSR count). The number of benzene rings is 6. The van der Waals surface area contributed by atoms with E-state index < -0.39 is 8.07 Å². The number of aryl methyl sites for hydroxylation is 2. The third kappa shape index (κ3) is 8.21. The van der Waals surface area contributed by atoms with Crippen LogP contribution in [0.2, 0.25) is 19.6 Å². The summed E-state index contributed by atoms with van der Waals surface area (Å²) in [5.74, 6) is 0.534. The van der Waals surface area contributed by atoms with Gasteiger partial charge in [-0.1, -0.05) is 148 Å². The summed E-state index contributed by atoms with van der Waals surface area (Å²) in [4.78, 5) is 9.57. The Hall–Kier alpha value is -5.03. The van der Waals surface area contributed by atoms with Crippen molar-refractivity contribution in [1.29, 1.82) is 0 Å². The largest absolute Gasteiger partial charge is 0.305 e. The Bertz CT molecular complexity index is 2830. The number of fused-ring (bicyclic) bond motifs is 4. The first kappa shape index (κ1) is 40.2. The van der Waals surface area contributed by atoms with E-state index in [2.05, 4.69) is 180 Å². The van der Waals surface area contributed by atoms with Crippen LogP contribution in [0, 0.1) is 26.0 Å². The fourth-order valence-corrected chi connectivity index (χ4v) is 10.7. The first-order valence-electron chi connectivity index (χ1n) is 19.4. The number of pyridine rings is 2. The molecular formula is C52H46IrN2SSi-2. The molecule has 6 aromatic carbocycles. The van der Waals surface area contributed by atoms with Crippen LogP contribution in [-0.2, 0) is 20.1 Å². The van der Waals surface area contributed by atoms with Crippen LogP contribution < -0.4 is 5.19 Å². The van der Waals surface area contributed by atoms with Gasteiger partial charge in [-0.2, -0.15) is 11.3 Å². The summed E-state index contributed by atoms with van der Waals surface area (Å²) < 4.78 is 2.55. The van der Waals surface area contributed by atoms with Crippen LogP contribution in [0.15, 0.2) is 146 Å². The molecule has 57 heavy (non-hydrogen) atoms. The molecular weight excluding hydrogens is 905 g/mol. The summed E-state index contributed by atoms with van der Waals surface area (Å²) in [7, 11) is -1.34. The van der Waals surface area contributed by atoms with Crippen LogP contribution in [0.5, 0.6) is 0 Å². The molecule has 0 spiro atoms. The third-order valence-corrected chi connectivity index (χ3v) is 13.9. The molecule has 0 unspecified atom stereocenters. The molecule has 0 saturated heterocycles. The van der Waals surface area contributed by atoms with Crippen molar-refractivity contribution in [3.8, 4) is 44.8 Å². The molecule has 0 aliphatic rings. The number of hydrogen-bond donors (Lipinski definition) is 0. The molecule has 0 saturated carbocycles. The maximum atomic E-state index is 4.91. The van der Waals surface area contributed by atoms with E-state index in [1.165, 1.54) is 75.1 Å². The second-order valence-corrected chi connectivity index (χ2v) is 22.1. The fraction of sp³-hybridized carbons (Fsp3) is 0.154. The van der Waals surface area contributed by atoms with E-state index in [4.69, 9.17) is 4.98 Å². The molecule has 0 atom stereocenters. The Kier molecular flexibility index (Phi) is 11.9. The van der Waals surface area contributed by atoms with E-state index in [9.17, 15) is 0 Å². The number of rotatable bonds is 6. The summed E-state index contributed by atoms with van der Waals surface area (Å²) >= 11 is 1.85. The molecule has 285 valence electrons. The van der Waals surface area contributed by atoms with Crippen molar-refractivity contribution in [3.05, 3.63) is 175 Å². The summed E-state index contributed by atoms with van der Waals surface area (Å²) in [6.45, 7) is 16.0. The summed E-state index contributed by atoms with van der Waals surface area (Å²) in [6.07, 6.45) is 4.10. The molecule has 0 fully saturated rings. The van der Waals surface area contributed by atoms with Crippen molar-refractivity contribution >= 4 is 55.5 Å². The molecule has 0 bridgehead atoms. The third-order valence-electron chi connectivity index (χ3n) is 10.6. The average Bonchev–Trinajstić information content (AvgIpc) is 3.61. The Morgan fingerprint density at radius 1 is 0.632 bits per heavy atom. The van der Waals surface area contributed by atoms with Crippen molar-refractivity contribution < 1.29 is 20.1 Å². The molecule has 0 N–H and O–H groups in total. The van der Waals surface area contributed by atoms with Gasteiger partial charge in [-0.25, -0.2) is 0 Å². The van der Waals surface area contributed by atoms with Crippen molar-refractivity contribution in [2.24, 2.45) is 0 Å². The zero-order valence-corrected chi connectivity index (χ0v) is 37.8. The summed E-state index contributed by atoms with van der Waals surface area (Å²) in [6, 6.07) is 54.0. The standard InChI is InChI=1S/C35H24NS.C17H22NSi.Ir/c1-22-15-17-29(32-19-23(2)31(21-36-32)25-9-4-3-5-10-25)35-34(22)30-18-16-26(20-33(30)37-35)28-14-8-12-24-11-6-7-13-27(24)28;1-13(2)15-11-16(14-9-7-6-8-10-14)18-12-17(15)19(3,4)5;/h3-16,18-21H,1-2H3;6-9,11-13H,1-5H3;/q2*-1;. The van der Waals surface area contributed by atoms with Gasteiger partial charge in [0.05, 0.1) is 8.07 Å². The number of hydrogen-bond acceptors (Lipinski definition) is 3. The predicted octanol–water partition coefficient (Wildman–Crippen LogP) is 14.2. The molecule has 9 aromatic rings. The minimum absolute atomic E-state index is 0. The van der Waals surface area contributed by atoms with Gasteiger partial charge in [0, 0.05) is 42.8 Å². The van der Waals surface area contributed by atoms with E-state index in [-0.39, 0.29) is 20.1 Å². The Morgan fingerprint density at radius 3 is 2.11 bits per heavy atom. The number of nitrogens with zero attached hydrogens (tertiary/aromatic N) is 2. The van der Waals surface area contributed by atoms with Gasteiger partial charge in [0.15, 0.2) is 0 Å². The molecule has 0 amide bonds. The second kappa shape index (κ2) is 16.8. The molecule has 2 nitrogen and oxygen atoms in total. The van der Waals surface area contributed by atoms with Gasteiger partial charge in [0.25, 0.3) is 0 Å². The van der Waals surface area contributed by atoms with E-state index >= 15 is 0 Å². The molecule has 0 aliphatic heterocycles. The van der Waals surface area contributed by atoms with Crippen LogP contribution in [0.4, 0.5) is 0 Å². The molecule has 3 heterocycles. The van der Waals surface area contributed by atoms with Crippen molar-refractivity contribution in [3.63, 3.8) is 0 Å². The maximum absolute atomic E-state index is 4.91. The summed E-state index contributed by atoms with van der Waals surface area (Å²) in [5, 5.41) is 6.64. The van der Waals surface area contributed by atoms with E-state index in [1.54, 1.807) is 0 Å². The monoisotopic (exact) mass is 951 g/mol. The van der Waals surface area contributed by atoms with Crippen LogP contribution in [0.3, 0.4) is 0 Å². The van der Waals surface area contributed by atoms with Gasteiger partial charge >= 0.3 is 0 Å². The van der Waals surface area contributed by atoms with Crippen molar-refractivity contribution in [1.82, 2.24) is 9.97 Å². The van der Waals surface area contributed by atoms with Gasteiger partial charge < -0.3 is 9.97 Å². The Balaban J connectivity index is 0.000000211. The number of aromatic nitrogens is 2. The van der Waals surface area contributed by atoms with Gasteiger partial charge in [0.2, 0.25) is 0 Å². The van der Waals surface area contributed by atoms with Gasteiger partial charge in [-0.3, -0.25) is 0 Å². The topological polar surface area (TPSA) is 25.8 Å². The van der Waals surface area contributed by atoms with Crippen LogP contribution in [0.25, 0.3) is 75.7 Å². The second-order valence-electron chi connectivity index (χ2n) is 16.0. The van der Waals surface area contributed by atoms with Crippen LogP contribution in [-0.4, -0.2) is 18.0 Å². The molecule has 5 heteroatoms. The normalized spacial score (nSPS) is 11.4. The molecule has 0 aliphatic carbocycles. The smallest absolute Gasteiger partial charge is 0.0799 e. The minimum atomic E-state index is -1.34. The quantitative estimate of drug-likeness (QED) is 0.123. The van der Waals surface area contributed by atoms with Gasteiger partial charge in [-0.05, 0) is 78.6 Å². The van der Waals surface area contributed by atoms with E-state index in [0.717, 1.165) is 22.5 Å². The maximum Gasteiger partial charge on any atom is 0.0799 e.